The monoisotopic (exact) mass is 1960 g/mol. The third-order valence-electron chi connectivity index (χ3n) is 17.8. The summed E-state index contributed by atoms with van der Waals surface area (Å²) < 4.78 is 101. The number of carbonyl (C=O) groups is 1. The number of hydrogen-bond donors (Lipinski definition) is 9. The number of nitrogens with one attached hydrogen (secondary N) is 3. The van der Waals surface area contributed by atoms with Gasteiger partial charge in [-0.15, -0.1) is 5.10 Å². The summed E-state index contributed by atoms with van der Waals surface area (Å²) in [6.45, 7) is 99.7. The van der Waals surface area contributed by atoms with Gasteiger partial charge in [0.15, 0.2) is 17.7 Å². The SMILES string of the molecule is C=C1CC(C(C)(C)C)=NO1.C=C1NC(=O)C(C(C)(C)C)O1.CC.CC.CC.CC.CC.CC(C)(C)C1=NC(C(F)(F)F)=NC1.CC(C)(C)C1=NN=CC1.CC(C)(C)P(=O)(O)O.CC(C)(C)P(C)(=O)O.CC(C)(C)c1cc(=O)[nH]o1.CC(C)(C)c1cncn1O.CC(C)(C)c1cnnn1O.CC(C)(C)c1cocc(O)c1=O.Cc1c(F)cc(C(C)(C)C)cc1F.Cn1[nH]c(=O)cc1C(C)(C)C. The van der Waals surface area contributed by atoms with E-state index in [4.69, 9.17) is 48.7 Å². The van der Waals surface area contributed by atoms with E-state index in [1.807, 2.05) is 228 Å². The van der Waals surface area contributed by atoms with Crippen molar-refractivity contribution >= 4 is 50.1 Å². The van der Waals surface area contributed by atoms with Crippen LogP contribution in [0.1, 0.15) is 371 Å². The molecule has 0 saturated carbocycles. The topological polar surface area (TPSA) is 427 Å². The Morgan fingerprint density at radius 3 is 1.19 bits per heavy atom. The molecule has 37 heteroatoms. The molecular formula is C98H177F5N14O16P2. The molecule has 1 amide bonds. The molecule has 10 rings (SSSR count). The van der Waals surface area contributed by atoms with E-state index in [0.29, 0.717) is 34.2 Å². The zero-order valence-electron chi connectivity index (χ0n) is 91.4. The first kappa shape index (κ1) is 139. The predicted octanol–water partition coefficient (Wildman–Crippen LogP) is 25.2. The third kappa shape index (κ3) is 56.3. The number of aryl methyl sites for hydroxylation is 1. The minimum atomic E-state index is -4.41. The summed E-state index contributed by atoms with van der Waals surface area (Å²) in [4.78, 5) is 86.1. The fourth-order valence-corrected chi connectivity index (χ4v) is 8.82. The van der Waals surface area contributed by atoms with Gasteiger partial charge in [-0.05, 0) is 68.0 Å². The van der Waals surface area contributed by atoms with Gasteiger partial charge in [0, 0.05) is 109 Å². The van der Waals surface area contributed by atoms with Crippen molar-refractivity contribution in [1.82, 2.24) is 45.1 Å². The van der Waals surface area contributed by atoms with E-state index in [0.717, 1.165) is 51.5 Å². The van der Waals surface area contributed by atoms with Crippen LogP contribution in [0.5, 0.6) is 5.75 Å². The second-order valence-electron chi connectivity index (χ2n) is 42.2. The molecule has 0 radical (unpaired) electrons. The molecule has 1 saturated heterocycles. The van der Waals surface area contributed by atoms with Gasteiger partial charge in [-0.1, -0.05) is 314 Å². The summed E-state index contributed by atoms with van der Waals surface area (Å²) in [5, 5.41) is 52.0. The zero-order chi connectivity index (χ0) is 109. The summed E-state index contributed by atoms with van der Waals surface area (Å²) in [5.74, 6) is -0.561. The number of H-pyrrole nitrogens is 2. The number of hydrogen-bond acceptors (Lipinski definition) is 21. The van der Waals surface area contributed by atoms with E-state index in [-0.39, 0.29) is 94.5 Å². The number of aliphatic imine (C=N–C) groups is 2. The van der Waals surface area contributed by atoms with E-state index in [1.165, 1.54) is 70.9 Å². The molecule has 0 spiro atoms. The van der Waals surface area contributed by atoms with Crippen molar-refractivity contribution in [3.8, 4) is 5.75 Å². The number of aromatic hydroxyl groups is 1. The molecule has 9 heterocycles. The molecule has 9 N–H and O–H groups in total. The molecule has 2 atom stereocenters. The van der Waals surface area contributed by atoms with Crippen molar-refractivity contribution in [2.75, 3.05) is 13.2 Å². The van der Waals surface area contributed by atoms with Crippen molar-refractivity contribution in [2.45, 2.75) is 393 Å². The quantitative estimate of drug-likeness (QED) is 0.0387. The summed E-state index contributed by atoms with van der Waals surface area (Å²) in [7, 11) is -4.85. The number of halogens is 5. The molecule has 2 unspecified atom stereocenters. The summed E-state index contributed by atoms with van der Waals surface area (Å²) in [5.41, 5.74) is 5.17. The van der Waals surface area contributed by atoms with Gasteiger partial charge in [0.25, 0.3) is 17.0 Å². The van der Waals surface area contributed by atoms with Crippen LogP contribution in [0.2, 0.25) is 0 Å². The number of aromatic nitrogens is 8. The Hall–Kier alpha value is -9.17. The van der Waals surface area contributed by atoms with Crippen molar-refractivity contribution < 1.29 is 84.6 Å². The minimum Gasteiger partial charge on any atom is -0.502 e. The first-order chi connectivity index (χ1) is 60.4. The first-order valence-corrected chi connectivity index (χ1v) is 48.9. The number of aromatic amines is 2. The molecule has 4 aliphatic heterocycles. The van der Waals surface area contributed by atoms with Crippen LogP contribution in [-0.2, 0) is 63.0 Å². The highest BCUT2D eigenvalue weighted by atomic mass is 31.2. The number of oxime groups is 1. The van der Waals surface area contributed by atoms with Crippen LogP contribution in [0.25, 0.3) is 0 Å². The molecule has 135 heavy (non-hydrogen) atoms. The number of ether oxygens (including phenoxy) is 1. The standard InChI is InChI=1S/C11H14F2.C9H12O3.C8H11F3N2.C8H14N2O.C8H13NO2.C8H13NO.C7H12N2O.C7H12N2.C7H11NO2.C6H11N3O.C5H13O2P.C4H11O3P.5C2H6/c1-7-9(12)5-8(6-10(7)13)11(2,3)4;1-9(2,3)6-4-12-5-7(10)8(6)11;1-7(2,3)5-4-12-6(13-5)8(9,10)11;1-8(2,3)6-5-7(11)9-10(6)4;1-5-9-7(10)6(11-5)8(2,3)4;1-6-5-7(9-10-6)8(2,3)4;1-7(2,3)6-4-8-5-9(6)10;1-7(2,3)6-4-5-8-9-6;1-7(2,3)5-4-6(9)8-10-5;1-6(2,3)5-4-7-8-9(5)10;1-5(2,3)8(4,6)7;1-4(2,3)8(5,6)7;5*1-2/h5-6H,1-4H3;4-5,10H,1-3H3;4H2,1-3H3;5H,1-4H3,(H,9,11);6H,1H2,2-4H3,(H,9,10);1,5H2,2-4H3;4-5,10H,1-3H3;5H,4H2,1-3H3;4H,1-3H3,(H,8,9);4,10H,1-3H3;1-4H3,(H,6,7);1-3H3,(H2,5,6,7);5*1-2H3. The molecule has 1 aromatic carbocycles. The van der Waals surface area contributed by atoms with E-state index >= 15 is 0 Å². The van der Waals surface area contributed by atoms with Gasteiger partial charge in [0.2, 0.25) is 18.6 Å². The van der Waals surface area contributed by atoms with E-state index in [1.54, 1.807) is 43.9 Å². The lowest BCUT2D eigenvalue weighted by Gasteiger charge is -2.22. The van der Waals surface area contributed by atoms with Crippen LogP contribution >= 0.6 is 15.0 Å². The number of nitrogens with zero attached hydrogens (tertiary/aromatic N) is 11. The maximum absolute atomic E-state index is 13.1. The number of carbonyl (C=O) groups excluding carboxylic acids is 1. The van der Waals surface area contributed by atoms with Gasteiger partial charge in [-0.25, -0.2) is 18.8 Å². The van der Waals surface area contributed by atoms with Crippen LogP contribution in [0.4, 0.5) is 22.0 Å². The van der Waals surface area contributed by atoms with Crippen LogP contribution in [0.15, 0.2) is 129 Å². The van der Waals surface area contributed by atoms with Crippen LogP contribution < -0.4 is 21.9 Å². The number of imidazole rings is 1. The van der Waals surface area contributed by atoms with Gasteiger partial charge >= 0.3 is 13.8 Å². The van der Waals surface area contributed by atoms with Gasteiger partial charge in [0.05, 0.1) is 53.9 Å². The van der Waals surface area contributed by atoms with E-state index < -0.39 is 55.0 Å². The molecule has 6 aromatic rings. The average molecular weight is 1960 g/mol. The molecule has 4 aliphatic rings. The van der Waals surface area contributed by atoms with Gasteiger partial charge in [-0.2, -0.15) is 33.3 Å². The number of allylic oxidation sites excluding steroid dienone is 1. The Morgan fingerprint density at radius 1 is 0.556 bits per heavy atom. The highest BCUT2D eigenvalue weighted by molar-refractivity contribution is 7.58. The molecule has 0 aliphatic carbocycles. The smallest absolute Gasteiger partial charge is 0.451 e. The molecule has 780 valence electrons. The van der Waals surface area contributed by atoms with Crippen molar-refractivity contribution in [1.29, 1.82) is 0 Å². The summed E-state index contributed by atoms with van der Waals surface area (Å²) in [6.07, 6.45) is 5.80. The number of alkyl halides is 3. The van der Waals surface area contributed by atoms with Crippen molar-refractivity contribution in [3.05, 3.63) is 162 Å². The highest BCUT2D eigenvalue weighted by Crippen LogP contribution is 2.50. The molecular weight excluding hydrogens is 1790 g/mol. The highest BCUT2D eigenvalue weighted by Gasteiger charge is 2.41. The largest absolute Gasteiger partial charge is 0.502 e. The normalized spacial score (nSPS) is 14.5. The lowest BCUT2D eigenvalue weighted by molar-refractivity contribution is -0.127. The number of benzene rings is 1. The Balaban J connectivity index is -0.000000263. The maximum Gasteiger partial charge on any atom is 0.451 e. The lowest BCUT2D eigenvalue weighted by Crippen LogP contribution is -2.34. The van der Waals surface area contributed by atoms with Crippen LogP contribution in [-0.4, -0.2) is 141 Å². The molecule has 1 fully saturated rings. The molecule has 30 nitrogen and oxygen atoms in total. The minimum absolute atomic E-state index is 0.0302. The first-order valence-electron chi connectivity index (χ1n) is 45.2. The van der Waals surface area contributed by atoms with E-state index in [9.17, 15) is 50.3 Å². The summed E-state index contributed by atoms with van der Waals surface area (Å²) >= 11 is 0. The Morgan fingerprint density at radius 2 is 0.993 bits per heavy atom. The Bertz CT molecular complexity index is 4820. The second kappa shape index (κ2) is 58.5. The summed E-state index contributed by atoms with van der Waals surface area (Å²) in [6, 6.07) is 5.91. The van der Waals surface area contributed by atoms with E-state index in [2.05, 4.69) is 132 Å². The predicted molar refractivity (Wildman–Crippen MR) is 545 cm³/mol. The van der Waals surface area contributed by atoms with Gasteiger partial charge in [-0.3, -0.25) is 48.4 Å². The van der Waals surface area contributed by atoms with Crippen molar-refractivity contribution in [2.24, 2.45) is 54.1 Å². The lowest BCUT2D eigenvalue weighted by atomic mass is 9.86. The fourth-order valence-electron chi connectivity index (χ4n) is 8.82. The Kier molecular flexibility index (Phi) is 60.2. The average Bonchev–Trinajstić information content (AvgIpc) is 1.74. The molecule has 0 bridgehead atoms. The number of rotatable bonds is 0. The maximum atomic E-state index is 13.1. The number of amidine groups is 1. The second-order valence-corrected chi connectivity index (χ2v) is 47.7. The Labute approximate surface area is 804 Å². The number of amides is 1. The van der Waals surface area contributed by atoms with Gasteiger partial charge < -0.3 is 48.7 Å². The fraction of sp³-hybridized carbons (Fsp3) is 0.673. The van der Waals surface area contributed by atoms with Gasteiger partial charge in [0.1, 0.15) is 41.4 Å². The van der Waals surface area contributed by atoms with Crippen LogP contribution in [0.3, 0.4) is 0 Å². The van der Waals surface area contributed by atoms with Crippen molar-refractivity contribution in [3.63, 3.8) is 0 Å². The van der Waals surface area contributed by atoms with Crippen LogP contribution in [0, 0.1) is 40.2 Å². The zero-order valence-corrected chi connectivity index (χ0v) is 93.1. The third-order valence-corrected chi connectivity index (χ3v) is 22.0. The molecule has 5 aromatic heterocycles.